The van der Waals surface area contributed by atoms with Gasteiger partial charge in [-0.2, -0.15) is 0 Å². The first-order valence-corrected chi connectivity index (χ1v) is 12.5. The highest BCUT2D eigenvalue weighted by Gasteiger charge is 2.41. The monoisotopic (exact) mass is 553 g/mol. The molecular formula is C28H28INO3. The number of ketones is 1. The molecule has 0 bridgehead atoms. The van der Waals surface area contributed by atoms with E-state index in [0.717, 1.165) is 32.6 Å². The lowest BCUT2D eigenvalue weighted by molar-refractivity contribution is -0.118. The van der Waals surface area contributed by atoms with Crippen LogP contribution in [0.2, 0.25) is 0 Å². The van der Waals surface area contributed by atoms with Gasteiger partial charge in [-0.05, 0) is 81.5 Å². The van der Waals surface area contributed by atoms with Crippen LogP contribution in [0.5, 0.6) is 11.5 Å². The van der Waals surface area contributed by atoms with E-state index in [2.05, 4.69) is 84.2 Å². The van der Waals surface area contributed by atoms with Crippen LogP contribution in [0.25, 0.3) is 16.3 Å². The molecule has 1 heterocycles. The number of ether oxygens (including phenoxy) is 2. The molecule has 5 rings (SSSR count). The number of benzene rings is 3. The Labute approximate surface area is 208 Å². The van der Waals surface area contributed by atoms with Gasteiger partial charge in [-0.15, -0.1) is 0 Å². The van der Waals surface area contributed by atoms with Crippen LogP contribution in [0.4, 0.5) is 5.69 Å². The molecule has 5 heteroatoms. The van der Waals surface area contributed by atoms with E-state index in [-0.39, 0.29) is 17.2 Å². The Morgan fingerprint density at radius 2 is 1.91 bits per heavy atom. The molecule has 0 unspecified atom stereocenters. The van der Waals surface area contributed by atoms with Crippen molar-refractivity contribution >= 4 is 50.4 Å². The van der Waals surface area contributed by atoms with E-state index in [0.29, 0.717) is 18.8 Å². The molecule has 0 spiro atoms. The number of methoxy groups -OCH3 is 1. The third-order valence-corrected chi connectivity index (χ3v) is 7.41. The molecule has 0 fully saturated rings. The Balaban J connectivity index is 1.75. The number of allylic oxidation sites excluding steroid dienone is 1. The van der Waals surface area contributed by atoms with Gasteiger partial charge in [0, 0.05) is 23.2 Å². The second-order valence-electron chi connectivity index (χ2n) is 9.59. The van der Waals surface area contributed by atoms with Crippen molar-refractivity contribution in [1.29, 1.82) is 0 Å². The molecule has 0 radical (unpaired) electrons. The summed E-state index contributed by atoms with van der Waals surface area (Å²) in [5.74, 6) is 1.66. The number of carbonyl (C=O) groups is 1. The summed E-state index contributed by atoms with van der Waals surface area (Å²) in [5, 5.41) is 6.10. The summed E-state index contributed by atoms with van der Waals surface area (Å²) in [5.41, 5.74) is 5.25. The second kappa shape index (κ2) is 8.35. The van der Waals surface area contributed by atoms with Crippen LogP contribution in [-0.2, 0) is 4.79 Å². The van der Waals surface area contributed by atoms with Crippen molar-refractivity contribution in [3.8, 4) is 11.5 Å². The van der Waals surface area contributed by atoms with Crippen LogP contribution in [0.15, 0.2) is 54.1 Å². The summed E-state index contributed by atoms with van der Waals surface area (Å²) >= 11 is 2.29. The number of carbonyl (C=O) groups excluding carboxylic acids is 1. The van der Waals surface area contributed by atoms with E-state index in [4.69, 9.17) is 9.47 Å². The number of rotatable bonds is 4. The van der Waals surface area contributed by atoms with Crippen molar-refractivity contribution < 1.29 is 14.3 Å². The van der Waals surface area contributed by atoms with E-state index >= 15 is 0 Å². The highest BCUT2D eigenvalue weighted by molar-refractivity contribution is 14.1. The van der Waals surface area contributed by atoms with E-state index in [1.165, 1.54) is 21.9 Å². The van der Waals surface area contributed by atoms with Gasteiger partial charge in [-0.25, -0.2) is 0 Å². The Morgan fingerprint density at radius 1 is 1.12 bits per heavy atom. The van der Waals surface area contributed by atoms with Gasteiger partial charge in [0.15, 0.2) is 17.3 Å². The molecule has 0 aromatic heterocycles. The number of hydrogen-bond donors (Lipinski definition) is 1. The standard InChI is InChI=1S/C28H28INO3/c1-5-33-27-20(29)12-17(13-23(27)32-4)26-25-19(14-28(2,3)15-22(25)31)24-18-9-7-6-8-16(18)10-11-21(24)30-26/h6-13,26,30H,5,14-15H2,1-4H3/t26-/m1/s1. The van der Waals surface area contributed by atoms with Gasteiger partial charge >= 0.3 is 0 Å². The summed E-state index contributed by atoms with van der Waals surface area (Å²) < 4.78 is 12.5. The molecule has 3 aromatic rings. The van der Waals surface area contributed by atoms with Crippen molar-refractivity contribution in [1.82, 2.24) is 0 Å². The van der Waals surface area contributed by atoms with E-state index < -0.39 is 0 Å². The van der Waals surface area contributed by atoms with Crippen molar-refractivity contribution in [2.75, 3.05) is 19.0 Å². The van der Waals surface area contributed by atoms with Gasteiger partial charge in [0.05, 0.1) is 23.3 Å². The number of Topliss-reactive ketones (excluding diaryl/α,β-unsaturated/α-hetero) is 1. The maximum Gasteiger partial charge on any atom is 0.174 e. The molecule has 0 amide bonds. The van der Waals surface area contributed by atoms with Crippen molar-refractivity contribution in [3.63, 3.8) is 0 Å². The molecule has 1 aliphatic heterocycles. The first-order chi connectivity index (χ1) is 15.8. The molecule has 170 valence electrons. The number of hydrogen-bond acceptors (Lipinski definition) is 4. The Kier molecular flexibility index (Phi) is 5.63. The lowest BCUT2D eigenvalue weighted by Gasteiger charge is -2.40. The minimum absolute atomic E-state index is 0.0725. The normalized spacial score (nSPS) is 19.1. The smallest absolute Gasteiger partial charge is 0.174 e. The van der Waals surface area contributed by atoms with Gasteiger partial charge in [0.2, 0.25) is 0 Å². The molecule has 0 saturated heterocycles. The first kappa shape index (κ1) is 22.3. The predicted octanol–water partition coefficient (Wildman–Crippen LogP) is 7.16. The highest BCUT2D eigenvalue weighted by Crippen LogP contribution is 2.52. The van der Waals surface area contributed by atoms with E-state index in [9.17, 15) is 4.79 Å². The maximum absolute atomic E-state index is 13.6. The fraction of sp³-hybridized carbons (Fsp3) is 0.321. The molecule has 33 heavy (non-hydrogen) atoms. The fourth-order valence-corrected chi connectivity index (χ4v) is 6.06. The van der Waals surface area contributed by atoms with Crippen LogP contribution >= 0.6 is 22.6 Å². The van der Waals surface area contributed by atoms with Gasteiger partial charge < -0.3 is 14.8 Å². The first-order valence-electron chi connectivity index (χ1n) is 11.4. The van der Waals surface area contributed by atoms with Gasteiger partial charge in [0.25, 0.3) is 0 Å². The number of anilines is 1. The average molecular weight is 553 g/mol. The lowest BCUT2D eigenvalue weighted by Crippen LogP contribution is -2.33. The molecule has 1 aliphatic carbocycles. The number of halogens is 1. The summed E-state index contributed by atoms with van der Waals surface area (Å²) in [4.78, 5) is 13.6. The summed E-state index contributed by atoms with van der Waals surface area (Å²) in [6.07, 6.45) is 1.42. The van der Waals surface area contributed by atoms with Crippen LogP contribution in [-0.4, -0.2) is 19.5 Å². The molecule has 4 nitrogen and oxygen atoms in total. The molecule has 1 atom stereocenters. The third-order valence-electron chi connectivity index (χ3n) is 6.61. The van der Waals surface area contributed by atoms with E-state index in [1.807, 2.05) is 13.0 Å². The third kappa shape index (κ3) is 3.80. The Hall–Kier alpha value is -2.54. The van der Waals surface area contributed by atoms with Crippen LogP contribution in [0.3, 0.4) is 0 Å². The molecular weight excluding hydrogens is 525 g/mol. The fourth-order valence-electron chi connectivity index (χ4n) is 5.28. The minimum atomic E-state index is -0.227. The minimum Gasteiger partial charge on any atom is -0.493 e. The average Bonchev–Trinajstić information content (AvgIpc) is 2.78. The summed E-state index contributed by atoms with van der Waals surface area (Å²) in [7, 11) is 1.66. The molecule has 1 N–H and O–H groups in total. The topological polar surface area (TPSA) is 47.6 Å². The van der Waals surface area contributed by atoms with Crippen molar-refractivity contribution in [2.24, 2.45) is 5.41 Å². The van der Waals surface area contributed by atoms with Gasteiger partial charge in [-0.3, -0.25) is 4.79 Å². The van der Waals surface area contributed by atoms with Gasteiger partial charge in [-0.1, -0.05) is 44.2 Å². The van der Waals surface area contributed by atoms with Crippen LogP contribution < -0.4 is 14.8 Å². The summed E-state index contributed by atoms with van der Waals surface area (Å²) in [6, 6.07) is 16.6. The van der Waals surface area contributed by atoms with Crippen molar-refractivity contribution in [3.05, 3.63) is 68.8 Å². The van der Waals surface area contributed by atoms with Gasteiger partial charge in [0.1, 0.15) is 0 Å². The van der Waals surface area contributed by atoms with Crippen LogP contribution in [0.1, 0.15) is 50.8 Å². The Morgan fingerprint density at radius 3 is 2.67 bits per heavy atom. The molecule has 0 saturated carbocycles. The lowest BCUT2D eigenvalue weighted by atomic mass is 9.68. The maximum atomic E-state index is 13.6. The number of nitrogens with one attached hydrogen (secondary N) is 1. The second-order valence-corrected chi connectivity index (χ2v) is 10.7. The van der Waals surface area contributed by atoms with E-state index in [1.54, 1.807) is 7.11 Å². The summed E-state index contributed by atoms with van der Waals surface area (Å²) in [6.45, 7) is 6.92. The zero-order chi connectivity index (χ0) is 23.3. The Bertz CT molecular complexity index is 1310. The quantitative estimate of drug-likeness (QED) is 0.349. The van der Waals surface area contributed by atoms with Crippen molar-refractivity contribution in [2.45, 2.75) is 39.7 Å². The SMILES string of the molecule is CCOc1c(I)cc([C@H]2Nc3ccc4ccccc4c3C3=C2C(=O)CC(C)(C)C3)cc1OC. The highest BCUT2D eigenvalue weighted by atomic mass is 127. The zero-order valence-electron chi connectivity index (χ0n) is 19.4. The molecule has 3 aromatic carbocycles. The predicted molar refractivity (Wildman–Crippen MR) is 142 cm³/mol. The molecule has 2 aliphatic rings. The number of fused-ring (bicyclic) bond motifs is 4. The van der Waals surface area contributed by atoms with Crippen LogP contribution in [0, 0.1) is 8.99 Å². The largest absolute Gasteiger partial charge is 0.493 e. The zero-order valence-corrected chi connectivity index (χ0v) is 21.6.